The van der Waals surface area contributed by atoms with Crippen molar-refractivity contribution in [2.24, 2.45) is 0 Å². The molecule has 0 nitrogen and oxygen atoms in total. The summed E-state index contributed by atoms with van der Waals surface area (Å²) in [5.74, 6) is 0. The topological polar surface area (TPSA) is 0 Å². The average molecular weight is 287 g/mol. The van der Waals surface area contributed by atoms with Gasteiger partial charge in [-0.1, -0.05) is 66.2 Å². The third-order valence-electron chi connectivity index (χ3n) is 3.33. The second-order valence-corrected chi connectivity index (χ2v) is 5.17. The van der Waals surface area contributed by atoms with E-state index < -0.39 is 0 Å². The minimum absolute atomic E-state index is 0.228. The van der Waals surface area contributed by atoms with Crippen molar-refractivity contribution < 1.29 is 0 Å². The molecule has 3 aromatic carbocycles. The van der Waals surface area contributed by atoms with Crippen molar-refractivity contribution in [3.05, 3.63) is 71.8 Å². The minimum atomic E-state index is -0.228. The summed E-state index contributed by atoms with van der Waals surface area (Å²) in [6.07, 6.45) is 1.80. The minimum Gasteiger partial charge on any atom is -0.113 e. The highest BCUT2D eigenvalue weighted by atomic mass is 35.5. The maximum atomic E-state index is 6.49. The van der Waals surface area contributed by atoms with E-state index in [1.54, 1.807) is 6.08 Å². The fraction of sp³-hybridized carbons (Fsp3) is 0.0588. The van der Waals surface area contributed by atoms with Gasteiger partial charge in [-0.15, -0.1) is 11.6 Å². The third kappa shape index (κ3) is 2.22. The first kappa shape index (κ1) is 12.5. The van der Waals surface area contributed by atoms with E-state index in [0.717, 1.165) is 5.56 Å². The maximum Gasteiger partial charge on any atom is 0.0789 e. The number of rotatable bonds is 2. The number of hydrogen-bond donors (Lipinski definition) is 0. The lowest BCUT2D eigenvalue weighted by Gasteiger charge is -2.13. The molecule has 3 rings (SSSR count). The summed E-state index contributed by atoms with van der Waals surface area (Å²) >= 11 is 12.2. The molecule has 19 heavy (non-hydrogen) atoms. The van der Waals surface area contributed by atoms with E-state index in [0.29, 0.717) is 0 Å². The van der Waals surface area contributed by atoms with Crippen LogP contribution in [0.15, 0.2) is 66.2 Å². The Bertz CT molecular complexity index is 705. The van der Waals surface area contributed by atoms with Crippen LogP contribution in [0.25, 0.3) is 21.5 Å². The monoisotopic (exact) mass is 286 g/mol. The third-order valence-corrected chi connectivity index (χ3v) is 3.84. The molecular weight excluding hydrogens is 275 g/mol. The molecule has 94 valence electrons. The summed E-state index contributed by atoms with van der Waals surface area (Å²) in [6, 6.07) is 18.8. The molecule has 1 unspecified atom stereocenters. The first-order chi connectivity index (χ1) is 9.31. The van der Waals surface area contributed by atoms with Crippen LogP contribution in [0, 0.1) is 0 Å². The van der Waals surface area contributed by atoms with Crippen molar-refractivity contribution in [3.8, 4) is 0 Å². The van der Waals surface area contributed by atoms with E-state index in [-0.39, 0.29) is 5.38 Å². The van der Waals surface area contributed by atoms with Crippen LogP contribution in [0.5, 0.6) is 0 Å². The van der Waals surface area contributed by atoms with Gasteiger partial charge in [-0.05, 0) is 33.2 Å². The first-order valence-electron chi connectivity index (χ1n) is 6.12. The van der Waals surface area contributed by atoms with Crippen LogP contribution in [-0.2, 0) is 0 Å². The molecule has 0 aliphatic rings. The Kier molecular flexibility index (Phi) is 3.46. The van der Waals surface area contributed by atoms with Gasteiger partial charge in [-0.2, -0.15) is 0 Å². The van der Waals surface area contributed by atoms with Crippen molar-refractivity contribution in [1.29, 1.82) is 0 Å². The second-order valence-electron chi connectivity index (χ2n) is 4.45. The van der Waals surface area contributed by atoms with Crippen LogP contribution in [0.1, 0.15) is 10.9 Å². The zero-order valence-electron chi connectivity index (χ0n) is 10.2. The predicted molar refractivity (Wildman–Crippen MR) is 85.0 cm³/mol. The van der Waals surface area contributed by atoms with Crippen LogP contribution in [0.4, 0.5) is 0 Å². The molecule has 3 aromatic rings. The van der Waals surface area contributed by atoms with Gasteiger partial charge in [-0.3, -0.25) is 0 Å². The van der Waals surface area contributed by atoms with Crippen molar-refractivity contribution in [2.45, 2.75) is 5.38 Å². The van der Waals surface area contributed by atoms with Crippen molar-refractivity contribution in [3.63, 3.8) is 0 Å². The molecule has 0 saturated heterocycles. The summed E-state index contributed by atoms with van der Waals surface area (Å²) < 4.78 is 0. The van der Waals surface area contributed by atoms with Crippen molar-refractivity contribution in [1.82, 2.24) is 0 Å². The molecule has 0 radical (unpaired) electrons. The molecule has 0 aromatic heterocycles. The van der Waals surface area contributed by atoms with Gasteiger partial charge in [-0.25, -0.2) is 0 Å². The Balaban J connectivity index is 2.46. The smallest absolute Gasteiger partial charge is 0.0789 e. The second kappa shape index (κ2) is 5.24. The van der Waals surface area contributed by atoms with E-state index in [1.165, 1.54) is 27.1 Å². The van der Waals surface area contributed by atoms with Gasteiger partial charge in [0, 0.05) is 5.54 Å². The normalized spacial score (nSPS) is 13.4. The average Bonchev–Trinajstić information content (AvgIpc) is 2.44. The lowest BCUT2D eigenvalue weighted by atomic mass is 9.95. The Labute approximate surface area is 122 Å². The van der Waals surface area contributed by atoms with Crippen LogP contribution >= 0.6 is 23.2 Å². The molecular formula is C17H12Cl2. The zero-order chi connectivity index (χ0) is 13.2. The Morgan fingerprint density at radius 3 is 1.89 bits per heavy atom. The van der Waals surface area contributed by atoms with E-state index in [9.17, 15) is 0 Å². The highest BCUT2D eigenvalue weighted by Crippen LogP contribution is 2.36. The van der Waals surface area contributed by atoms with Crippen LogP contribution in [0.3, 0.4) is 0 Å². The lowest BCUT2D eigenvalue weighted by molar-refractivity contribution is 1.27. The van der Waals surface area contributed by atoms with Crippen molar-refractivity contribution in [2.75, 3.05) is 0 Å². The van der Waals surface area contributed by atoms with Gasteiger partial charge in [0.1, 0.15) is 0 Å². The molecule has 0 spiro atoms. The number of benzene rings is 3. The number of halogens is 2. The maximum absolute atomic E-state index is 6.49. The fourth-order valence-corrected chi connectivity index (χ4v) is 3.03. The number of fused-ring (bicyclic) bond motifs is 2. The van der Waals surface area contributed by atoms with Gasteiger partial charge < -0.3 is 0 Å². The van der Waals surface area contributed by atoms with E-state index >= 15 is 0 Å². The van der Waals surface area contributed by atoms with Crippen LogP contribution in [0.2, 0.25) is 0 Å². The Morgan fingerprint density at radius 2 is 1.37 bits per heavy atom. The Morgan fingerprint density at radius 1 is 0.842 bits per heavy atom. The van der Waals surface area contributed by atoms with Gasteiger partial charge in [0.25, 0.3) is 0 Å². The number of hydrogen-bond acceptors (Lipinski definition) is 0. The molecule has 2 heteroatoms. The van der Waals surface area contributed by atoms with E-state index in [4.69, 9.17) is 23.2 Å². The summed E-state index contributed by atoms with van der Waals surface area (Å²) in [5, 5.41) is 4.52. The van der Waals surface area contributed by atoms with Crippen LogP contribution < -0.4 is 0 Å². The lowest BCUT2D eigenvalue weighted by Crippen LogP contribution is -1.91. The molecule has 0 aliphatic heterocycles. The number of alkyl halides is 1. The molecule has 0 heterocycles. The summed E-state index contributed by atoms with van der Waals surface area (Å²) in [5.41, 5.74) is 2.60. The van der Waals surface area contributed by atoms with Gasteiger partial charge in [0.2, 0.25) is 0 Å². The summed E-state index contributed by atoms with van der Waals surface area (Å²) in [7, 11) is 0. The summed E-state index contributed by atoms with van der Waals surface area (Å²) in [6.45, 7) is 0. The molecule has 0 bridgehead atoms. The SMILES string of the molecule is Cl/C=C/C(Cl)c1c2ccccc2cc2ccccc12. The molecule has 0 N–H and O–H groups in total. The molecule has 0 amide bonds. The van der Waals surface area contributed by atoms with Gasteiger partial charge in [0.05, 0.1) is 5.38 Å². The van der Waals surface area contributed by atoms with Gasteiger partial charge >= 0.3 is 0 Å². The molecule has 0 fully saturated rings. The highest BCUT2D eigenvalue weighted by molar-refractivity contribution is 6.28. The molecule has 0 aliphatic carbocycles. The quantitative estimate of drug-likeness (QED) is 0.399. The van der Waals surface area contributed by atoms with Crippen LogP contribution in [-0.4, -0.2) is 0 Å². The largest absolute Gasteiger partial charge is 0.113 e. The predicted octanol–water partition coefficient (Wildman–Crippen LogP) is 6.03. The van der Waals surface area contributed by atoms with Crippen molar-refractivity contribution >= 4 is 44.7 Å². The van der Waals surface area contributed by atoms with Gasteiger partial charge in [0.15, 0.2) is 0 Å². The number of allylic oxidation sites excluding steroid dienone is 1. The highest BCUT2D eigenvalue weighted by Gasteiger charge is 2.13. The standard InChI is InChI=1S/C17H12Cl2/c18-10-9-16(19)17-14-7-3-1-5-12(14)11-13-6-2-4-8-15(13)17/h1-11,16H/b10-9+. The Hall–Kier alpha value is -1.50. The first-order valence-corrected chi connectivity index (χ1v) is 7.00. The molecule has 1 atom stereocenters. The molecule has 0 saturated carbocycles. The van der Waals surface area contributed by atoms with E-state index in [1.807, 2.05) is 24.3 Å². The van der Waals surface area contributed by atoms with E-state index in [2.05, 4.69) is 30.3 Å². The summed E-state index contributed by atoms with van der Waals surface area (Å²) in [4.78, 5) is 0. The fourth-order valence-electron chi connectivity index (χ4n) is 2.51. The zero-order valence-corrected chi connectivity index (χ0v) is 11.7.